The number of rotatable bonds is 9. The van der Waals surface area contributed by atoms with E-state index < -0.39 is 0 Å². The van der Waals surface area contributed by atoms with Gasteiger partial charge in [0.2, 0.25) is 0 Å². The second kappa shape index (κ2) is 13.8. The Bertz CT molecular complexity index is 695. The molecule has 0 saturated carbocycles. The second-order valence-corrected chi connectivity index (χ2v) is 8.36. The van der Waals surface area contributed by atoms with E-state index in [1.165, 1.54) is 37.9 Å². The summed E-state index contributed by atoms with van der Waals surface area (Å²) in [6, 6.07) is 7.28. The number of ether oxygens (including phenoxy) is 1. The molecule has 2 saturated heterocycles. The molecule has 0 aromatic heterocycles. The predicted molar refractivity (Wildman–Crippen MR) is 134 cm³/mol. The smallest absolute Gasteiger partial charge is 0.269 e. The Hall–Kier alpha value is -1.46. The maximum Gasteiger partial charge on any atom is 0.269 e. The van der Waals surface area contributed by atoms with Gasteiger partial charge < -0.3 is 20.3 Å². The Balaban J connectivity index is 0.00000341. The number of nitrogens with zero attached hydrogens (tertiary/aromatic N) is 3. The highest BCUT2D eigenvalue weighted by Gasteiger charge is 2.18. The van der Waals surface area contributed by atoms with Crippen molar-refractivity contribution in [2.45, 2.75) is 51.6 Å². The summed E-state index contributed by atoms with van der Waals surface area (Å²) in [4.78, 5) is 17.7. The topological polar surface area (TPSA) is 92.0 Å². The molecule has 31 heavy (non-hydrogen) atoms. The molecule has 2 heterocycles. The van der Waals surface area contributed by atoms with Crippen molar-refractivity contribution in [1.82, 2.24) is 15.5 Å². The van der Waals surface area contributed by atoms with E-state index in [2.05, 4.69) is 22.5 Å². The fraction of sp³-hybridized carbons (Fsp3) is 0.682. The largest absolute Gasteiger partial charge is 0.381 e. The number of halogens is 1. The van der Waals surface area contributed by atoms with Crippen LogP contribution >= 0.6 is 24.0 Å². The van der Waals surface area contributed by atoms with Gasteiger partial charge in [0.1, 0.15) is 0 Å². The number of nitrogens with one attached hydrogen (secondary N) is 2. The van der Waals surface area contributed by atoms with Crippen molar-refractivity contribution >= 4 is 35.6 Å². The third kappa shape index (κ3) is 8.89. The zero-order valence-corrected chi connectivity index (χ0v) is 20.8. The molecule has 174 valence electrons. The summed E-state index contributed by atoms with van der Waals surface area (Å²) < 4.78 is 5.46. The molecule has 2 aliphatic heterocycles. The van der Waals surface area contributed by atoms with E-state index in [4.69, 9.17) is 9.73 Å². The molecule has 0 spiro atoms. The first-order valence-electron chi connectivity index (χ1n) is 11.2. The van der Waals surface area contributed by atoms with Crippen molar-refractivity contribution in [3.8, 4) is 0 Å². The molecule has 9 heteroatoms. The van der Waals surface area contributed by atoms with Crippen molar-refractivity contribution < 1.29 is 9.66 Å². The molecule has 2 unspecified atom stereocenters. The number of nitro groups is 1. The number of piperidine rings is 1. The van der Waals surface area contributed by atoms with Crippen LogP contribution in [0.15, 0.2) is 29.3 Å². The van der Waals surface area contributed by atoms with E-state index in [1.807, 2.05) is 0 Å². The van der Waals surface area contributed by atoms with Gasteiger partial charge in [-0.25, -0.2) is 4.99 Å². The molecule has 8 nitrogen and oxygen atoms in total. The number of non-ortho nitro benzene ring substituents is 1. The predicted octanol–water partition coefficient (Wildman–Crippen LogP) is 3.55. The quantitative estimate of drug-likeness (QED) is 0.123. The standard InChI is InChI=1S/C22H35N5O3.HI/c1-18-5-2-3-12-26(18)13-4-11-23-22(25-16-20-10-14-30-17-20)24-15-19-6-8-21(9-7-19)27(28)29;/h6-9,18,20H,2-5,10-17H2,1H3,(H2,23,24,25);1H. The van der Waals surface area contributed by atoms with Crippen molar-refractivity contribution in [3.05, 3.63) is 39.9 Å². The number of hydrogen-bond acceptors (Lipinski definition) is 5. The number of guanidine groups is 1. The molecule has 2 fully saturated rings. The molecule has 0 amide bonds. The van der Waals surface area contributed by atoms with Crippen LogP contribution in [0.25, 0.3) is 0 Å². The molecule has 2 aliphatic rings. The van der Waals surface area contributed by atoms with Gasteiger partial charge in [0.15, 0.2) is 5.96 Å². The van der Waals surface area contributed by atoms with Crippen LogP contribution in [-0.4, -0.2) is 61.2 Å². The summed E-state index contributed by atoms with van der Waals surface area (Å²) in [6.45, 7) is 8.49. The molecule has 2 atom stereocenters. The SMILES string of the molecule is CC1CCCCN1CCCNC(=NCc1ccc([N+](=O)[O-])cc1)NCC1CCOC1.I. The van der Waals surface area contributed by atoms with E-state index in [0.29, 0.717) is 18.5 Å². The number of likely N-dealkylation sites (tertiary alicyclic amines) is 1. The minimum Gasteiger partial charge on any atom is -0.381 e. The van der Waals surface area contributed by atoms with Gasteiger partial charge >= 0.3 is 0 Å². The summed E-state index contributed by atoms with van der Waals surface area (Å²) in [5, 5.41) is 17.7. The molecule has 1 aromatic rings. The first-order valence-corrected chi connectivity index (χ1v) is 11.2. The summed E-state index contributed by atoms with van der Waals surface area (Å²) in [7, 11) is 0. The first kappa shape index (κ1) is 25.8. The third-order valence-electron chi connectivity index (χ3n) is 6.00. The summed E-state index contributed by atoms with van der Waals surface area (Å²) in [5.41, 5.74) is 1.06. The van der Waals surface area contributed by atoms with E-state index in [-0.39, 0.29) is 34.6 Å². The van der Waals surface area contributed by atoms with Crippen LogP contribution in [0.1, 0.15) is 44.6 Å². The van der Waals surface area contributed by atoms with Crippen LogP contribution in [0, 0.1) is 16.0 Å². The third-order valence-corrected chi connectivity index (χ3v) is 6.00. The lowest BCUT2D eigenvalue weighted by molar-refractivity contribution is -0.384. The number of benzene rings is 1. The van der Waals surface area contributed by atoms with Crippen LogP contribution in [0.4, 0.5) is 5.69 Å². The number of hydrogen-bond donors (Lipinski definition) is 2. The highest BCUT2D eigenvalue weighted by atomic mass is 127. The Labute approximate surface area is 202 Å². The van der Waals surface area contributed by atoms with E-state index in [1.54, 1.807) is 12.1 Å². The Kier molecular flexibility index (Phi) is 11.5. The summed E-state index contributed by atoms with van der Waals surface area (Å²) >= 11 is 0. The van der Waals surface area contributed by atoms with Gasteiger partial charge in [-0.3, -0.25) is 10.1 Å². The Morgan fingerprint density at radius 3 is 2.74 bits per heavy atom. The monoisotopic (exact) mass is 545 g/mol. The molecule has 2 N–H and O–H groups in total. The van der Waals surface area contributed by atoms with Crippen LogP contribution in [0.3, 0.4) is 0 Å². The summed E-state index contributed by atoms with van der Waals surface area (Å²) in [6.07, 6.45) is 6.12. The fourth-order valence-corrected chi connectivity index (χ4v) is 4.03. The molecule has 0 radical (unpaired) electrons. The second-order valence-electron chi connectivity index (χ2n) is 8.36. The average Bonchev–Trinajstić information content (AvgIpc) is 3.27. The van der Waals surface area contributed by atoms with E-state index in [0.717, 1.165) is 57.2 Å². The maximum absolute atomic E-state index is 10.8. The van der Waals surface area contributed by atoms with Crippen molar-refractivity contribution in [1.29, 1.82) is 0 Å². The van der Waals surface area contributed by atoms with Crippen molar-refractivity contribution in [2.24, 2.45) is 10.9 Å². The van der Waals surface area contributed by atoms with Crippen LogP contribution in [0.5, 0.6) is 0 Å². The lowest BCUT2D eigenvalue weighted by Crippen LogP contribution is -2.42. The van der Waals surface area contributed by atoms with Gasteiger partial charge in [-0.2, -0.15) is 0 Å². The van der Waals surface area contributed by atoms with Crippen molar-refractivity contribution in [3.63, 3.8) is 0 Å². The molecule has 0 aliphatic carbocycles. The average molecular weight is 545 g/mol. The highest BCUT2D eigenvalue weighted by molar-refractivity contribution is 14.0. The minimum atomic E-state index is -0.380. The Morgan fingerprint density at radius 1 is 1.26 bits per heavy atom. The Morgan fingerprint density at radius 2 is 2.06 bits per heavy atom. The highest BCUT2D eigenvalue weighted by Crippen LogP contribution is 2.16. The van der Waals surface area contributed by atoms with Crippen molar-refractivity contribution in [2.75, 3.05) is 39.4 Å². The minimum absolute atomic E-state index is 0. The van der Waals surface area contributed by atoms with Gasteiger partial charge in [-0.05, 0) is 44.7 Å². The lowest BCUT2D eigenvalue weighted by atomic mass is 10.0. The van der Waals surface area contributed by atoms with Crippen LogP contribution < -0.4 is 10.6 Å². The number of aliphatic imine (C=N–C) groups is 1. The molecule has 0 bridgehead atoms. The fourth-order valence-electron chi connectivity index (χ4n) is 4.03. The first-order chi connectivity index (χ1) is 14.6. The van der Waals surface area contributed by atoms with Crippen LogP contribution in [0.2, 0.25) is 0 Å². The molecule has 1 aromatic carbocycles. The van der Waals surface area contributed by atoms with Gasteiger partial charge in [0.25, 0.3) is 5.69 Å². The van der Waals surface area contributed by atoms with Gasteiger partial charge in [0, 0.05) is 50.3 Å². The van der Waals surface area contributed by atoms with Crippen LogP contribution in [-0.2, 0) is 11.3 Å². The number of nitro benzene ring substituents is 1. The lowest BCUT2D eigenvalue weighted by Gasteiger charge is -2.33. The molecule has 3 rings (SSSR count). The maximum atomic E-state index is 10.8. The van der Waals surface area contributed by atoms with Gasteiger partial charge in [0.05, 0.1) is 18.1 Å². The van der Waals surface area contributed by atoms with Gasteiger partial charge in [-0.15, -0.1) is 24.0 Å². The van der Waals surface area contributed by atoms with Gasteiger partial charge in [-0.1, -0.05) is 18.6 Å². The molecular formula is C22H36IN5O3. The zero-order chi connectivity index (χ0) is 21.2. The molecular weight excluding hydrogens is 509 g/mol. The summed E-state index contributed by atoms with van der Waals surface area (Å²) in [5.74, 6) is 1.32. The zero-order valence-electron chi connectivity index (χ0n) is 18.4. The van der Waals surface area contributed by atoms with E-state index >= 15 is 0 Å². The van der Waals surface area contributed by atoms with E-state index in [9.17, 15) is 10.1 Å². The normalized spacial score (nSPS) is 22.0.